The Morgan fingerprint density at radius 2 is 1.32 bits per heavy atom. The first kappa shape index (κ1) is 23.3. The molecule has 0 fully saturated rings. The molecule has 0 saturated carbocycles. The minimum atomic E-state index is -0.902. The van der Waals surface area contributed by atoms with Gasteiger partial charge in [0.15, 0.2) is 0 Å². The van der Waals surface area contributed by atoms with Gasteiger partial charge in [0.2, 0.25) is 0 Å². The second-order valence-corrected chi connectivity index (χ2v) is 6.86. The molecule has 0 spiro atoms. The smallest absolute Gasteiger partial charge is 0.335 e. The number of carboxylic acid groups (broad SMARTS) is 1. The number of benzene rings is 2. The largest absolute Gasteiger partial charge is 0.478 e. The van der Waals surface area contributed by atoms with Gasteiger partial charge in [0, 0.05) is 28.6 Å². The number of rotatable bonds is 2. The molecule has 136 valence electrons. The van der Waals surface area contributed by atoms with E-state index in [9.17, 15) is 9.59 Å². The molecule has 0 saturated heterocycles. The van der Waals surface area contributed by atoms with Gasteiger partial charge in [-0.15, -0.1) is 0 Å². The number of hydrogen-bond acceptors (Lipinski definition) is 3. The molecule has 1 amide bonds. The lowest BCUT2D eigenvalue weighted by molar-refractivity contribution is 0.0696. The van der Waals surface area contributed by atoms with Gasteiger partial charge < -0.3 is 15.3 Å². The van der Waals surface area contributed by atoms with E-state index in [4.69, 9.17) is 5.11 Å². The molecular weight excluding hydrogens is 452 g/mol. The Labute approximate surface area is 165 Å². The molecule has 25 heavy (non-hydrogen) atoms. The van der Waals surface area contributed by atoms with Crippen molar-refractivity contribution in [3.05, 3.63) is 68.6 Å². The fraction of sp³-hybridized carbons (Fsp3) is 0.222. The van der Waals surface area contributed by atoms with Crippen molar-refractivity contribution >= 4 is 43.7 Å². The summed E-state index contributed by atoms with van der Waals surface area (Å²) in [5.41, 5.74) is 1.00. The summed E-state index contributed by atoms with van der Waals surface area (Å²) >= 11 is 6.48. The Hall–Kier alpha value is -1.70. The van der Waals surface area contributed by atoms with Crippen LogP contribution in [0.15, 0.2) is 57.5 Å². The van der Waals surface area contributed by atoms with Crippen LogP contribution in [0.25, 0.3) is 0 Å². The topological polar surface area (TPSA) is 69.6 Å². The fourth-order valence-electron chi connectivity index (χ4n) is 1.50. The van der Waals surface area contributed by atoms with Gasteiger partial charge in [0.05, 0.1) is 5.56 Å². The number of nitrogens with one attached hydrogen (secondary N) is 1. The monoisotopic (exact) mass is 472 g/mol. The van der Waals surface area contributed by atoms with E-state index in [-0.39, 0.29) is 5.91 Å². The highest BCUT2D eigenvalue weighted by atomic mass is 79.9. The highest BCUT2D eigenvalue weighted by Crippen LogP contribution is 2.12. The number of carbonyl (C=O) groups excluding carboxylic acids is 1. The zero-order valence-electron chi connectivity index (χ0n) is 14.6. The van der Waals surface area contributed by atoms with Crippen molar-refractivity contribution in [1.82, 2.24) is 10.2 Å². The summed E-state index contributed by atoms with van der Waals surface area (Å²) in [6.07, 6.45) is 0. The highest BCUT2D eigenvalue weighted by molar-refractivity contribution is 9.10. The van der Waals surface area contributed by atoms with Crippen molar-refractivity contribution in [3.63, 3.8) is 0 Å². The van der Waals surface area contributed by atoms with Crippen LogP contribution in [0.3, 0.4) is 0 Å². The lowest BCUT2D eigenvalue weighted by atomic mass is 10.2. The van der Waals surface area contributed by atoms with E-state index < -0.39 is 5.97 Å². The van der Waals surface area contributed by atoms with Crippen LogP contribution >= 0.6 is 31.9 Å². The van der Waals surface area contributed by atoms with Gasteiger partial charge >= 0.3 is 5.97 Å². The maximum atomic E-state index is 11.4. The molecule has 2 aromatic rings. The van der Waals surface area contributed by atoms with Crippen LogP contribution in [-0.4, -0.2) is 50.1 Å². The lowest BCUT2D eigenvalue weighted by Crippen LogP contribution is -2.21. The molecular formula is C18H22Br2N2O3. The first-order chi connectivity index (χ1) is 11.7. The molecule has 0 aliphatic carbocycles. The van der Waals surface area contributed by atoms with Crippen molar-refractivity contribution in [2.45, 2.75) is 0 Å². The number of carbonyl (C=O) groups is 2. The number of halogens is 2. The van der Waals surface area contributed by atoms with E-state index in [2.05, 4.69) is 37.2 Å². The molecule has 0 aromatic heterocycles. The zero-order chi connectivity index (χ0) is 19.4. The fourth-order valence-corrected chi connectivity index (χ4v) is 2.30. The summed E-state index contributed by atoms with van der Waals surface area (Å²) < 4.78 is 1.71. The van der Waals surface area contributed by atoms with Gasteiger partial charge in [-0.05, 0) is 50.5 Å². The Kier molecular flexibility index (Phi) is 11.8. The number of hydrogen-bond donors (Lipinski definition) is 2. The standard InChI is InChI=1S/C9H10BrNO.C7H5BrO2.C2H7N/c1-11(2)9(12)7-4-3-5-8(10)6-7;8-6-3-1-2-5(4-6)7(9)10;1-3-2/h3-6H,1-2H3;1-4H,(H,9,10);3H,1-2H3. The molecule has 7 heteroatoms. The predicted molar refractivity (Wildman–Crippen MR) is 108 cm³/mol. The van der Waals surface area contributed by atoms with Gasteiger partial charge in [0.1, 0.15) is 0 Å². The predicted octanol–water partition coefficient (Wildman–Crippen LogP) is 4.13. The molecule has 2 N–H and O–H groups in total. The SMILES string of the molecule is CN(C)C(=O)c1cccc(Br)c1.CNC.O=C(O)c1cccc(Br)c1. The first-order valence-corrected chi connectivity index (χ1v) is 8.86. The second-order valence-electron chi connectivity index (χ2n) is 5.03. The summed E-state index contributed by atoms with van der Waals surface area (Å²) in [6.45, 7) is 0. The van der Waals surface area contributed by atoms with Gasteiger partial charge in [-0.1, -0.05) is 44.0 Å². The first-order valence-electron chi connectivity index (χ1n) is 7.27. The molecule has 2 aromatic carbocycles. The number of aromatic carboxylic acids is 1. The number of amides is 1. The summed E-state index contributed by atoms with van der Waals surface area (Å²) in [5, 5.41) is 11.2. The van der Waals surface area contributed by atoms with Crippen LogP contribution in [0.2, 0.25) is 0 Å². The van der Waals surface area contributed by atoms with Crippen LogP contribution < -0.4 is 5.32 Å². The normalized spacial score (nSPS) is 9.04. The van der Waals surface area contributed by atoms with Crippen LogP contribution in [0, 0.1) is 0 Å². The zero-order valence-corrected chi connectivity index (χ0v) is 17.8. The second kappa shape index (κ2) is 12.6. The minimum Gasteiger partial charge on any atom is -0.478 e. The van der Waals surface area contributed by atoms with E-state index in [1.165, 1.54) is 0 Å². The summed E-state index contributed by atoms with van der Waals surface area (Å²) in [7, 11) is 7.23. The van der Waals surface area contributed by atoms with Crippen LogP contribution in [0.1, 0.15) is 20.7 Å². The Morgan fingerprint density at radius 1 is 0.920 bits per heavy atom. The third-order valence-electron chi connectivity index (χ3n) is 2.55. The summed E-state index contributed by atoms with van der Waals surface area (Å²) in [6, 6.07) is 13.9. The average Bonchev–Trinajstić information content (AvgIpc) is 2.55. The van der Waals surface area contributed by atoms with E-state index in [0.717, 1.165) is 8.95 Å². The van der Waals surface area contributed by atoms with Crippen molar-refractivity contribution in [2.24, 2.45) is 0 Å². The van der Waals surface area contributed by atoms with Crippen LogP contribution in [0.4, 0.5) is 0 Å². The van der Waals surface area contributed by atoms with Crippen molar-refractivity contribution in [2.75, 3.05) is 28.2 Å². The van der Waals surface area contributed by atoms with Crippen molar-refractivity contribution in [3.8, 4) is 0 Å². The molecule has 2 rings (SSSR count). The summed E-state index contributed by atoms with van der Waals surface area (Å²) in [4.78, 5) is 23.3. The number of carboxylic acids is 1. The summed E-state index contributed by atoms with van der Waals surface area (Å²) in [5.74, 6) is -0.877. The minimum absolute atomic E-state index is 0.0244. The Morgan fingerprint density at radius 3 is 1.64 bits per heavy atom. The third-order valence-corrected chi connectivity index (χ3v) is 3.54. The van der Waals surface area contributed by atoms with Gasteiger partial charge in [0.25, 0.3) is 5.91 Å². The maximum Gasteiger partial charge on any atom is 0.335 e. The highest BCUT2D eigenvalue weighted by Gasteiger charge is 2.06. The average molecular weight is 474 g/mol. The van der Waals surface area contributed by atoms with E-state index in [1.807, 2.05) is 32.3 Å². The molecule has 0 bridgehead atoms. The molecule has 0 atom stereocenters. The molecule has 0 aliphatic heterocycles. The van der Waals surface area contributed by atoms with Crippen molar-refractivity contribution in [1.29, 1.82) is 0 Å². The number of nitrogens with zero attached hydrogens (tertiary/aromatic N) is 1. The molecule has 0 aliphatic rings. The van der Waals surface area contributed by atoms with Gasteiger partial charge in [-0.3, -0.25) is 4.79 Å². The van der Waals surface area contributed by atoms with Crippen molar-refractivity contribution < 1.29 is 14.7 Å². The maximum absolute atomic E-state index is 11.4. The quantitative estimate of drug-likeness (QED) is 0.687. The van der Waals surface area contributed by atoms with Gasteiger partial charge in [-0.2, -0.15) is 0 Å². The van der Waals surface area contributed by atoms with E-state index in [1.54, 1.807) is 49.3 Å². The van der Waals surface area contributed by atoms with Crippen LogP contribution in [-0.2, 0) is 0 Å². The Balaban J connectivity index is 0.000000403. The van der Waals surface area contributed by atoms with E-state index in [0.29, 0.717) is 11.1 Å². The molecule has 0 radical (unpaired) electrons. The van der Waals surface area contributed by atoms with Crippen LogP contribution in [0.5, 0.6) is 0 Å². The molecule has 5 nitrogen and oxygen atoms in total. The van der Waals surface area contributed by atoms with Gasteiger partial charge in [-0.25, -0.2) is 4.79 Å². The Bertz CT molecular complexity index is 692. The third kappa shape index (κ3) is 10.0. The molecule has 0 unspecified atom stereocenters. The lowest BCUT2D eigenvalue weighted by Gasteiger charge is -2.09. The van der Waals surface area contributed by atoms with E-state index >= 15 is 0 Å². The molecule has 0 heterocycles.